The highest BCUT2D eigenvalue weighted by atomic mass is 35.5. The Morgan fingerprint density at radius 1 is 1.17 bits per heavy atom. The predicted octanol–water partition coefficient (Wildman–Crippen LogP) is 4.05. The molecule has 9 nitrogen and oxygen atoms in total. The number of hydrogen-bond donors (Lipinski definition) is 2. The summed E-state index contributed by atoms with van der Waals surface area (Å²) < 4.78 is 6.65. The topological polar surface area (TPSA) is 115 Å². The summed E-state index contributed by atoms with van der Waals surface area (Å²) in [6, 6.07) is 10.5. The van der Waals surface area contributed by atoms with E-state index in [2.05, 4.69) is 20.7 Å². The minimum absolute atomic E-state index is 0.0997. The van der Waals surface area contributed by atoms with Gasteiger partial charge in [0.05, 0.1) is 19.2 Å². The van der Waals surface area contributed by atoms with Crippen molar-refractivity contribution in [3.63, 3.8) is 0 Å². The summed E-state index contributed by atoms with van der Waals surface area (Å²) >= 11 is 6.13. The number of halogens is 1. The third kappa shape index (κ3) is 7.91. The summed E-state index contributed by atoms with van der Waals surface area (Å²) in [6.45, 7) is 7.50. The molecular formula is C26H30ClN5O4. The molecule has 0 atom stereocenters. The molecule has 3 rings (SSSR count). The molecule has 2 N–H and O–H groups in total. The van der Waals surface area contributed by atoms with Crippen LogP contribution in [0.4, 0.5) is 10.5 Å². The van der Waals surface area contributed by atoms with Crippen LogP contribution in [-0.4, -0.2) is 32.4 Å². The number of rotatable bonds is 8. The van der Waals surface area contributed by atoms with Crippen molar-refractivity contribution in [2.45, 2.75) is 59.2 Å². The van der Waals surface area contributed by atoms with E-state index in [0.717, 1.165) is 5.69 Å². The maximum Gasteiger partial charge on any atom is 0.412 e. The van der Waals surface area contributed by atoms with Gasteiger partial charge >= 0.3 is 6.09 Å². The Hall–Kier alpha value is -3.72. The van der Waals surface area contributed by atoms with E-state index in [4.69, 9.17) is 16.3 Å². The van der Waals surface area contributed by atoms with Gasteiger partial charge in [-0.1, -0.05) is 17.7 Å². The smallest absolute Gasteiger partial charge is 0.412 e. The van der Waals surface area contributed by atoms with Crippen molar-refractivity contribution in [1.82, 2.24) is 20.1 Å². The molecule has 190 valence electrons. The van der Waals surface area contributed by atoms with E-state index in [1.54, 1.807) is 58.3 Å². The van der Waals surface area contributed by atoms with Gasteiger partial charge in [-0.05, 0) is 69.2 Å². The van der Waals surface area contributed by atoms with Crippen LogP contribution in [0, 0.1) is 6.92 Å². The van der Waals surface area contributed by atoms with Crippen LogP contribution < -0.4 is 16.2 Å². The Kier molecular flexibility index (Phi) is 8.82. The molecule has 0 radical (unpaired) electrons. The van der Waals surface area contributed by atoms with Crippen molar-refractivity contribution in [1.29, 1.82) is 0 Å². The maximum absolute atomic E-state index is 13.0. The van der Waals surface area contributed by atoms with Crippen molar-refractivity contribution in [2.75, 3.05) is 5.32 Å². The monoisotopic (exact) mass is 511 g/mol. The van der Waals surface area contributed by atoms with Gasteiger partial charge in [0.1, 0.15) is 5.60 Å². The third-order valence-electron chi connectivity index (χ3n) is 5.18. The number of anilines is 1. The van der Waals surface area contributed by atoms with E-state index in [9.17, 15) is 14.4 Å². The molecule has 0 fully saturated rings. The molecule has 10 heteroatoms. The Morgan fingerprint density at radius 3 is 2.64 bits per heavy atom. The van der Waals surface area contributed by atoms with Crippen molar-refractivity contribution in [3.8, 4) is 0 Å². The standard InChI is InChI=1S/C26H30ClN5O4/c1-17-15-30-32(12-10-20-7-5-6-11-28-20)24(34)21(17)14-23(33)29-16-18-13-19(27)8-9-22(18)31-25(35)36-26(2,3)4/h5-9,11,13,15H,10,12,14,16H2,1-4H3,(H,29,33)(H,31,35). The molecule has 36 heavy (non-hydrogen) atoms. The predicted molar refractivity (Wildman–Crippen MR) is 138 cm³/mol. The molecule has 3 aromatic rings. The van der Waals surface area contributed by atoms with Crippen LogP contribution in [0.1, 0.15) is 43.2 Å². The first kappa shape index (κ1) is 26.9. The summed E-state index contributed by atoms with van der Waals surface area (Å²) in [5.41, 5.74) is 1.96. The van der Waals surface area contributed by atoms with Crippen molar-refractivity contribution >= 4 is 29.3 Å². The lowest BCUT2D eigenvalue weighted by Crippen LogP contribution is -2.33. The van der Waals surface area contributed by atoms with Gasteiger partial charge in [0.25, 0.3) is 5.56 Å². The molecular weight excluding hydrogens is 482 g/mol. The summed E-state index contributed by atoms with van der Waals surface area (Å²) in [4.78, 5) is 42.2. The summed E-state index contributed by atoms with van der Waals surface area (Å²) in [5, 5.41) is 10.1. The molecule has 2 amide bonds. The lowest BCUT2D eigenvalue weighted by Gasteiger charge is -2.20. The Bertz CT molecular complexity index is 1290. The number of carbonyl (C=O) groups excluding carboxylic acids is 2. The number of nitrogens with one attached hydrogen (secondary N) is 2. The number of amides is 2. The summed E-state index contributed by atoms with van der Waals surface area (Å²) in [6.07, 6.45) is 3.11. The van der Waals surface area contributed by atoms with Crippen LogP contribution in [0.2, 0.25) is 5.02 Å². The van der Waals surface area contributed by atoms with E-state index in [1.165, 1.54) is 4.68 Å². The summed E-state index contributed by atoms with van der Waals surface area (Å²) in [7, 11) is 0. The summed E-state index contributed by atoms with van der Waals surface area (Å²) in [5.74, 6) is -0.346. The largest absolute Gasteiger partial charge is 0.444 e. The zero-order valence-corrected chi connectivity index (χ0v) is 21.6. The SMILES string of the molecule is Cc1cnn(CCc2ccccn2)c(=O)c1CC(=O)NCc1cc(Cl)ccc1NC(=O)OC(C)(C)C. The highest BCUT2D eigenvalue weighted by Gasteiger charge is 2.18. The molecule has 1 aromatic carbocycles. The molecule has 0 bridgehead atoms. The first-order valence-electron chi connectivity index (χ1n) is 11.5. The number of ether oxygens (including phenoxy) is 1. The van der Waals surface area contributed by atoms with Crippen LogP contribution in [0.3, 0.4) is 0 Å². The van der Waals surface area contributed by atoms with Gasteiger partial charge in [-0.15, -0.1) is 0 Å². The van der Waals surface area contributed by atoms with E-state index in [0.29, 0.717) is 40.4 Å². The van der Waals surface area contributed by atoms with Gasteiger partial charge < -0.3 is 10.1 Å². The Morgan fingerprint density at radius 2 is 1.94 bits per heavy atom. The normalized spacial score (nSPS) is 11.1. The van der Waals surface area contributed by atoms with Crippen LogP contribution in [-0.2, 0) is 35.5 Å². The average molecular weight is 512 g/mol. The van der Waals surface area contributed by atoms with E-state index >= 15 is 0 Å². The molecule has 0 aliphatic rings. The molecule has 0 spiro atoms. The first-order valence-corrected chi connectivity index (χ1v) is 11.9. The van der Waals surface area contributed by atoms with Crippen LogP contribution >= 0.6 is 11.6 Å². The first-order chi connectivity index (χ1) is 17.0. The minimum atomic E-state index is -0.655. The van der Waals surface area contributed by atoms with Crippen molar-refractivity contribution in [2.24, 2.45) is 0 Å². The zero-order chi connectivity index (χ0) is 26.3. The lowest BCUT2D eigenvalue weighted by molar-refractivity contribution is -0.120. The Balaban J connectivity index is 1.66. The van der Waals surface area contributed by atoms with E-state index < -0.39 is 11.7 Å². The number of hydrogen-bond acceptors (Lipinski definition) is 6. The number of aryl methyl sites for hydroxylation is 3. The van der Waals surface area contributed by atoms with Gasteiger partial charge in [-0.25, -0.2) is 9.48 Å². The van der Waals surface area contributed by atoms with Gasteiger partial charge in [-0.2, -0.15) is 5.10 Å². The molecule has 0 saturated carbocycles. The highest BCUT2D eigenvalue weighted by Crippen LogP contribution is 2.22. The van der Waals surface area contributed by atoms with Crippen LogP contribution in [0.5, 0.6) is 0 Å². The lowest BCUT2D eigenvalue weighted by atomic mass is 10.1. The second-order valence-electron chi connectivity index (χ2n) is 9.29. The number of carbonyl (C=O) groups is 2. The van der Waals surface area contributed by atoms with Gasteiger partial charge in [-0.3, -0.25) is 19.9 Å². The fourth-order valence-electron chi connectivity index (χ4n) is 3.41. The average Bonchev–Trinajstić information content (AvgIpc) is 2.81. The highest BCUT2D eigenvalue weighted by molar-refractivity contribution is 6.30. The molecule has 2 heterocycles. The molecule has 0 unspecified atom stereocenters. The number of pyridine rings is 1. The fourth-order valence-corrected chi connectivity index (χ4v) is 3.61. The van der Waals surface area contributed by atoms with Gasteiger partial charge in [0.15, 0.2) is 0 Å². The fraction of sp³-hybridized carbons (Fsp3) is 0.346. The van der Waals surface area contributed by atoms with Crippen LogP contribution in [0.15, 0.2) is 53.6 Å². The van der Waals surface area contributed by atoms with Crippen molar-refractivity contribution < 1.29 is 14.3 Å². The molecule has 0 aliphatic carbocycles. The maximum atomic E-state index is 13.0. The molecule has 0 saturated heterocycles. The molecule has 2 aromatic heterocycles. The van der Waals surface area contributed by atoms with Crippen LogP contribution in [0.25, 0.3) is 0 Å². The van der Waals surface area contributed by atoms with Gasteiger partial charge in [0, 0.05) is 41.1 Å². The third-order valence-corrected chi connectivity index (χ3v) is 5.42. The zero-order valence-electron chi connectivity index (χ0n) is 20.8. The quantitative estimate of drug-likeness (QED) is 0.471. The second-order valence-corrected chi connectivity index (χ2v) is 9.72. The van der Waals surface area contributed by atoms with E-state index in [1.807, 2.05) is 18.2 Å². The molecule has 0 aliphatic heterocycles. The Labute approximate surface area is 214 Å². The number of aromatic nitrogens is 3. The van der Waals surface area contributed by atoms with Gasteiger partial charge in [0.2, 0.25) is 5.91 Å². The second kappa shape index (κ2) is 11.8. The van der Waals surface area contributed by atoms with Crippen molar-refractivity contribution in [3.05, 3.63) is 86.6 Å². The number of nitrogens with zero attached hydrogens (tertiary/aromatic N) is 3. The van der Waals surface area contributed by atoms with E-state index in [-0.39, 0.29) is 24.4 Å². The minimum Gasteiger partial charge on any atom is -0.444 e. The number of benzene rings is 1.